The van der Waals surface area contributed by atoms with E-state index in [4.69, 9.17) is 12.2 Å². The number of nitrogens with one attached hydrogen (secondary N) is 2. The number of rotatable bonds is 3. The van der Waals surface area contributed by atoms with Gasteiger partial charge in [0, 0.05) is 11.3 Å². The molecule has 1 amide bonds. The van der Waals surface area contributed by atoms with E-state index in [0.717, 1.165) is 11.3 Å². The van der Waals surface area contributed by atoms with Crippen LogP contribution in [0.1, 0.15) is 15.9 Å². The SMILES string of the molecule is Cc1cccc(NC(=O)c2ccc3c(=O)n(-c4ccccc4)c(=S)[nH]c3c2)c1. The predicted octanol–water partition coefficient (Wildman–Crippen LogP) is 4.61. The summed E-state index contributed by atoms with van der Waals surface area (Å²) in [4.78, 5) is 28.6. The van der Waals surface area contributed by atoms with Gasteiger partial charge in [0.2, 0.25) is 0 Å². The Hall–Kier alpha value is -3.51. The number of fused-ring (bicyclic) bond motifs is 1. The Labute approximate surface area is 166 Å². The molecule has 0 unspecified atom stereocenters. The molecule has 1 heterocycles. The highest BCUT2D eigenvalue weighted by atomic mass is 32.1. The normalized spacial score (nSPS) is 10.8. The van der Waals surface area contributed by atoms with Gasteiger partial charge in [0.15, 0.2) is 4.77 Å². The van der Waals surface area contributed by atoms with Gasteiger partial charge in [-0.2, -0.15) is 0 Å². The summed E-state index contributed by atoms with van der Waals surface area (Å²) in [5, 5.41) is 3.33. The molecule has 0 aliphatic rings. The Bertz CT molecular complexity index is 1310. The van der Waals surface area contributed by atoms with Crippen LogP contribution in [0.3, 0.4) is 0 Å². The smallest absolute Gasteiger partial charge is 0.266 e. The molecule has 1 aromatic heterocycles. The molecule has 0 saturated heterocycles. The molecule has 0 bridgehead atoms. The van der Waals surface area contributed by atoms with Crippen molar-refractivity contribution in [3.63, 3.8) is 0 Å². The van der Waals surface area contributed by atoms with E-state index in [-0.39, 0.29) is 16.2 Å². The fourth-order valence-electron chi connectivity index (χ4n) is 3.10. The van der Waals surface area contributed by atoms with Gasteiger partial charge in [0.25, 0.3) is 11.5 Å². The van der Waals surface area contributed by atoms with Gasteiger partial charge in [-0.3, -0.25) is 14.2 Å². The Morgan fingerprint density at radius 2 is 1.79 bits per heavy atom. The molecule has 0 aliphatic heterocycles. The molecule has 4 rings (SSSR count). The summed E-state index contributed by atoms with van der Waals surface area (Å²) in [6.45, 7) is 1.96. The predicted molar refractivity (Wildman–Crippen MR) is 114 cm³/mol. The van der Waals surface area contributed by atoms with Gasteiger partial charge in [-0.15, -0.1) is 0 Å². The number of benzene rings is 3. The number of aromatic nitrogens is 2. The third-order valence-corrected chi connectivity index (χ3v) is 4.73. The number of aryl methyl sites for hydroxylation is 1. The van der Waals surface area contributed by atoms with Crippen molar-refractivity contribution in [3.8, 4) is 5.69 Å². The Kier molecular flexibility index (Phi) is 4.63. The molecule has 6 heteroatoms. The lowest BCUT2D eigenvalue weighted by Gasteiger charge is -2.10. The first-order valence-corrected chi connectivity index (χ1v) is 9.16. The minimum Gasteiger partial charge on any atom is -0.331 e. The topological polar surface area (TPSA) is 66.9 Å². The molecule has 28 heavy (non-hydrogen) atoms. The van der Waals surface area contributed by atoms with E-state index in [2.05, 4.69) is 10.3 Å². The van der Waals surface area contributed by atoms with Gasteiger partial charge >= 0.3 is 0 Å². The summed E-state index contributed by atoms with van der Waals surface area (Å²) in [5.41, 5.74) is 3.21. The maximum atomic E-state index is 12.9. The fourth-order valence-corrected chi connectivity index (χ4v) is 3.40. The van der Waals surface area contributed by atoms with Crippen LogP contribution in [0.15, 0.2) is 77.6 Å². The zero-order valence-electron chi connectivity index (χ0n) is 15.1. The molecule has 0 fully saturated rings. The lowest BCUT2D eigenvalue weighted by atomic mass is 10.1. The fraction of sp³-hybridized carbons (Fsp3) is 0.0455. The lowest BCUT2D eigenvalue weighted by molar-refractivity contribution is 0.102. The number of hydrogen-bond donors (Lipinski definition) is 2. The zero-order valence-corrected chi connectivity index (χ0v) is 15.9. The van der Waals surface area contributed by atoms with E-state index < -0.39 is 0 Å². The van der Waals surface area contributed by atoms with Crippen LogP contribution in [0, 0.1) is 11.7 Å². The monoisotopic (exact) mass is 387 g/mol. The molecular weight excluding hydrogens is 370 g/mol. The van der Waals surface area contributed by atoms with Crippen molar-refractivity contribution in [2.24, 2.45) is 0 Å². The van der Waals surface area contributed by atoms with E-state index in [0.29, 0.717) is 22.2 Å². The van der Waals surface area contributed by atoms with Crippen molar-refractivity contribution in [1.82, 2.24) is 9.55 Å². The van der Waals surface area contributed by atoms with Crippen LogP contribution < -0.4 is 10.9 Å². The molecule has 0 saturated carbocycles. The molecule has 2 N–H and O–H groups in total. The van der Waals surface area contributed by atoms with Crippen LogP contribution in [0.5, 0.6) is 0 Å². The van der Waals surface area contributed by atoms with Crippen LogP contribution >= 0.6 is 12.2 Å². The van der Waals surface area contributed by atoms with E-state index in [1.165, 1.54) is 4.57 Å². The number of amides is 1. The number of nitrogens with zero attached hydrogens (tertiary/aromatic N) is 1. The second-order valence-electron chi connectivity index (χ2n) is 6.49. The summed E-state index contributed by atoms with van der Waals surface area (Å²) in [6, 6.07) is 21.7. The van der Waals surface area contributed by atoms with Gasteiger partial charge < -0.3 is 10.3 Å². The Morgan fingerprint density at radius 3 is 2.54 bits per heavy atom. The second kappa shape index (κ2) is 7.25. The number of anilines is 1. The highest BCUT2D eigenvalue weighted by Gasteiger charge is 2.11. The first-order chi connectivity index (χ1) is 13.5. The number of carbonyl (C=O) groups excluding carboxylic acids is 1. The highest BCUT2D eigenvalue weighted by molar-refractivity contribution is 7.71. The van der Waals surface area contributed by atoms with Crippen molar-refractivity contribution in [2.45, 2.75) is 6.92 Å². The molecule has 3 aromatic carbocycles. The molecule has 138 valence electrons. The van der Waals surface area contributed by atoms with Gasteiger partial charge in [0.1, 0.15) is 0 Å². The molecule has 0 atom stereocenters. The van der Waals surface area contributed by atoms with E-state index in [9.17, 15) is 9.59 Å². The first kappa shape index (κ1) is 17.9. The van der Waals surface area contributed by atoms with Crippen LogP contribution in [-0.4, -0.2) is 15.5 Å². The van der Waals surface area contributed by atoms with Crippen LogP contribution in [-0.2, 0) is 0 Å². The molecule has 0 aliphatic carbocycles. The maximum absolute atomic E-state index is 12.9. The van der Waals surface area contributed by atoms with Crippen LogP contribution in [0.2, 0.25) is 0 Å². The van der Waals surface area contributed by atoms with Crippen molar-refractivity contribution < 1.29 is 4.79 Å². The van der Waals surface area contributed by atoms with E-state index >= 15 is 0 Å². The van der Waals surface area contributed by atoms with E-state index in [1.807, 2.05) is 61.5 Å². The van der Waals surface area contributed by atoms with Gasteiger partial charge in [-0.1, -0.05) is 30.3 Å². The summed E-state index contributed by atoms with van der Waals surface area (Å²) in [6.07, 6.45) is 0. The van der Waals surface area contributed by atoms with Gasteiger partial charge in [-0.05, 0) is 67.2 Å². The molecule has 0 spiro atoms. The third-order valence-electron chi connectivity index (χ3n) is 4.45. The van der Waals surface area contributed by atoms with Crippen LogP contribution in [0.25, 0.3) is 16.6 Å². The van der Waals surface area contributed by atoms with Crippen molar-refractivity contribution in [2.75, 3.05) is 5.32 Å². The summed E-state index contributed by atoms with van der Waals surface area (Å²) in [5.74, 6) is -0.251. The minimum atomic E-state index is -0.251. The average molecular weight is 387 g/mol. The maximum Gasteiger partial charge on any atom is 0.266 e. The average Bonchev–Trinajstić information content (AvgIpc) is 2.68. The van der Waals surface area contributed by atoms with E-state index in [1.54, 1.807) is 18.2 Å². The van der Waals surface area contributed by atoms with Gasteiger partial charge in [0.05, 0.1) is 16.6 Å². The molecule has 5 nitrogen and oxygen atoms in total. The Morgan fingerprint density at radius 1 is 1.00 bits per heavy atom. The second-order valence-corrected chi connectivity index (χ2v) is 6.88. The van der Waals surface area contributed by atoms with Crippen LogP contribution in [0.4, 0.5) is 5.69 Å². The number of carbonyl (C=O) groups is 1. The van der Waals surface area contributed by atoms with Crippen molar-refractivity contribution in [1.29, 1.82) is 0 Å². The van der Waals surface area contributed by atoms with Gasteiger partial charge in [-0.25, -0.2) is 0 Å². The lowest BCUT2D eigenvalue weighted by Crippen LogP contribution is -2.21. The summed E-state index contributed by atoms with van der Waals surface area (Å²) >= 11 is 5.38. The molecule has 4 aromatic rings. The number of para-hydroxylation sites is 1. The molecular formula is C22H17N3O2S. The summed E-state index contributed by atoms with van der Waals surface area (Å²) < 4.78 is 1.73. The molecule has 0 radical (unpaired) electrons. The number of aromatic amines is 1. The Balaban J connectivity index is 1.75. The summed E-state index contributed by atoms with van der Waals surface area (Å²) in [7, 11) is 0. The third kappa shape index (κ3) is 3.37. The zero-order chi connectivity index (χ0) is 19.7. The minimum absolute atomic E-state index is 0.226. The van der Waals surface area contributed by atoms with Crippen molar-refractivity contribution >= 4 is 34.7 Å². The first-order valence-electron chi connectivity index (χ1n) is 8.75. The quantitative estimate of drug-likeness (QED) is 0.505. The highest BCUT2D eigenvalue weighted by Crippen LogP contribution is 2.16. The largest absolute Gasteiger partial charge is 0.331 e. The standard InChI is InChI=1S/C22H17N3O2S/c1-14-6-5-7-16(12-14)23-20(26)15-10-11-18-19(13-15)24-22(28)25(21(18)27)17-8-3-2-4-9-17/h2-13H,1H3,(H,23,26)(H,24,28). The number of hydrogen-bond acceptors (Lipinski definition) is 3. The number of H-pyrrole nitrogens is 1. The van der Waals surface area contributed by atoms with Crippen molar-refractivity contribution in [3.05, 3.63) is 99.0 Å².